The minimum atomic E-state index is -0.193. The number of hydrogen-bond donors (Lipinski definition) is 1. The molecule has 0 saturated carbocycles. The van der Waals surface area contributed by atoms with E-state index in [1.807, 2.05) is 13.8 Å². The molecule has 1 N–H and O–H groups in total. The van der Waals surface area contributed by atoms with Crippen molar-refractivity contribution >= 4 is 28.3 Å². The van der Waals surface area contributed by atoms with Crippen molar-refractivity contribution in [1.29, 1.82) is 0 Å². The molecule has 0 aliphatic carbocycles. The van der Waals surface area contributed by atoms with Crippen molar-refractivity contribution in [3.63, 3.8) is 0 Å². The van der Waals surface area contributed by atoms with Gasteiger partial charge in [-0.2, -0.15) is 0 Å². The van der Waals surface area contributed by atoms with Gasteiger partial charge in [-0.25, -0.2) is 4.98 Å². The number of nitrogens with zero attached hydrogens (tertiary/aromatic N) is 2. The number of aromatic nitrogens is 1. The maximum Gasteiger partial charge on any atom is 0.245 e. The molecule has 0 spiro atoms. The number of anilines is 1. The highest BCUT2D eigenvalue weighted by molar-refractivity contribution is 7.13. The molecule has 0 saturated heterocycles. The Morgan fingerprint density at radius 3 is 2.50 bits per heavy atom. The smallest absolute Gasteiger partial charge is 0.245 e. The average Bonchev–Trinajstić information content (AvgIpc) is 2.94. The zero-order valence-electron chi connectivity index (χ0n) is 15.8. The van der Waals surface area contributed by atoms with E-state index in [4.69, 9.17) is 0 Å². The van der Waals surface area contributed by atoms with E-state index in [0.29, 0.717) is 17.5 Å². The van der Waals surface area contributed by atoms with Crippen LogP contribution in [0.1, 0.15) is 60.8 Å². The number of hydrogen-bond acceptors (Lipinski definition) is 4. The standard InChI is InChI=1S/C18H31N3O2S/c1-7-14(3)21(12-15(22)20-17-19-8-9-24-17)16(23)10-13(2)11-18(4,5)6/h8-9,13-14H,7,10-12H2,1-6H3,(H,19,20,22)/t13-,14+/m0/s1. The molecule has 1 aromatic rings. The zero-order chi connectivity index (χ0) is 18.3. The Labute approximate surface area is 149 Å². The van der Waals surface area contributed by atoms with Gasteiger partial charge in [-0.15, -0.1) is 11.3 Å². The van der Waals surface area contributed by atoms with Crippen LogP contribution in [0.3, 0.4) is 0 Å². The SMILES string of the molecule is CC[C@@H](C)N(CC(=O)Nc1nccs1)C(=O)C[C@H](C)CC(C)(C)C. The van der Waals surface area contributed by atoms with E-state index in [1.54, 1.807) is 16.5 Å². The lowest BCUT2D eigenvalue weighted by Gasteiger charge is -2.30. The Balaban J connectivity index is 2.66. The summed E-state index contributed by atoms with van der Waals surface area (Å²) in [6.45, 7) is 12.8. The number of nitrogens with one attached hydrogen (secondary N) is 1. The van der Waals surface area contributed by atoms with Gasteiger partial charge in [0.15, 0.2) is 5.13 Å². The number of amides is 2. The number of thiazole rings is 1. The lowest BCUT2D eigenvalue weighted by molar-refractivity contribution is -0.137. The molecule has 1 aromatic heterocycles. The summed E-state index contributed by atoms with van der Waals surface area (Å²) in [5, 5.41) is 5.13. The molecule has 2 atom stereocenters. The first-order valence-electron chi connectivity index (χ1n) is 8.61. The zero-order valence-corrected chi connectivity index (χ0v) is 16.6. The maximum atomic E-state index is 12.7. The van der Waals surface area contributed by atoms with Crippen molar-refractivity contribution in [1.82, 2.24) is 9.88 Å². The molecule has 136 valence electrons. The summed E-state index contributed by atoms with van der Waals surface area (Å²) in [5.41, 5.74) is 0.198. The van der Waals surface area contributed by atoms with Crippen LogP contribution in [0.5, 0.6) is 0 Å². The second-order valence-electron chi connectivity index (χ2n) is 7.74. The van der Waals surface area contributed by atoms with Crippen molar-refractivity contribution in [2.24, 2.45) is 11.3 Å². The van der Waals surface area contributed by atoms with Gasteiger partial charge in [0.05, 0.1) is 0 Å². The molecule has 0 aliphatic heterocycles. The minimum Gasteiger partial charge on any atom is -0.331 e. The highest BCUT2D eigenvalue weighted by Gasteiger charge is 2.25. The quantitative estimate of drug-likeness (QED) is 0.763. The van der Waals surface area contributed by atoms with Crippen LogP contribution in [0.25, 0.3) is 0 Å². The summed E-state index contributed by atoms with van der Waals surface area (Å²) in [6.07, 6.45) is 3.93. The van der Waals surface area contributed by atoms with E-state index in [2.05, 4.69) is 38.0 Å². The Bertz CT molecular complexity index is 523. The Morgan fingerprint density at radius 1 is 1.33 bits per heavy atom. The highest BCUT2D eigenvalue weighted by Crippen LogP contribution is 2.26. The van der Waals surface area contributed by atoms with Crippen molar-refractivity contribution in [3.05, 3.63) is 11.6 Å². The van der Waals surface area contributed by atoms with Gasteiger partial charge in [0.2, 0.25) is 11.8 Å². The second-order valence-corrected chi connectivity index (χ2v) is 8.63. The second kappa shape index (κ2) is 9.16. The molecule has 1 heterocycles. The third-order valence-corrected chi connectivity index (χ3v) is 4.61. The molecule has 1 rings (SSSR count). The van der Waals surface area contributed by atoms with Crippen LogP contribution in [0, 0.1) is 11.3 Å². The molecular weight excluding hydrogens is 322 g/mol. The van der Waals surface area contributed by atoms with E-state index in [9.17, 15) is 9.59 Å². The highest BCUT2D eigenvalue weighted by atomic mass is 32.1. The molecule has 0 bridgehead atoms. The topological polar surface area (TPSA) is 62.3 Å². The number of carbonyl (C=O) groups excluding carboxylic acids is 2. The number of carbonyl (C=O) groups is 2. The first kappa shape index (κ1) is 20.6. The van der Waals surface area contributed by atoms with Gasteiger partial charge in [0.1, 0.15) is 6.54 Å². The third-order valence-electron chi connectivity index (χ3n) is 3.92. The molecule has 6 heteroatoms. The summed E-state index contributed by atoms with van der Waals surface area (Å²) < 4.78 is 0. The van der Waals surface area contributed by atoms with Crippen LogP contribution in [-0.4, -0.2) is 34.3 Å². The van der Waals surface area contributed by atoms with E-state index in [1.165, 1.54) is 11.3 Å². The van der Waals surface area contributed by atoms with E-state index >= 15 is 0 Å². The molecular formula is C18H31N3O2S. The normalized spacial score (nSPS) is 14.1. The molecule has 0 radical (unpaired) electrons. The van der Waals surface area contributed by atoms with Gasteiger partial charge in [0.25, 0.3) is 0 Å². The van der Waals surface area contributed by atoms with Gasteiger partial charge >= 0.3 is 0 Å². The predicted octanol–water partition coefficient (Wildman–Crippen LogP) is 4.17. The van der Waals surface area contributed by atoms with Crippen LogP contribution in [0.4, 0.5) is 5.13 Å². The van der Waals surface area contributed by atoms with Crippen LogP contribution in [-0.2, 0) is 9.59 Å². The van der Waals surface area contributed by atoms with E-state index in [0.717, 1.165) is 12.8 Å². The summed E-state index contributed by atoms with van der Waals surface area (Å²) in [6, 6.07) is 0.0429. The van der Waals surface area contributed by atoms with Gasteiger partial charge in [-0.1, -0.05) is 34.6 Å². The van der Waals surface area contributed by atoms with E-state index < -0.39 is 0 Å². The van der Waals surface area contributed by atoms with Crippen LogP contribution in [0.2, 0.25) is 0 Å². The third kappa shape index (κ3) is 7.43. The summed E-state index contributed by atoms with van der Waals surface area (Å²) in [7, 11) is 0. The van der Waals surface area contributed by atoms with Gasteiger partial charge < -0.3 is 10.2 Å². The van der Waals surface area contributed by atoms with Gasteiger partial charge in [-0.3, -0.25) is 9.59 Å². The lowest BCUT2D eigenvalue weighted by Crippen LogP contribution is -2.44. The number of rotatable bonds is 8. The van der Waals surface area contributed by atoms with Gasteiger partial charge in [-0.05, 0) is 31.1 Å². The molecule has 0 aliphatic rings. The van der Waals surface area contributed by atoms with Crippen molar-refractivity contribution in [2.75, 3.05) is 11.9 Å². The van der Waals surface area contributed by atoms with Crippen LogP contribution >= 0.6 is 11.3 Å². The van der Waals surface area contributed by atoms with Crippen molar-refractivity contribution in [2.45, 2.75) is 66.8 Å². The molecule has 0 aromatic carbocycles. The molecule has 24 heavy (non-hydrogen) atoms. The predicted molar refractivity (Wildman–Crippen MR) is 100 cm³/mol. The summed E-state index contributed by atoms with van der Waals surface area (Å²) in [5.74, 6) is 0.156. The fourth-order valence-electron chi connectivity index (χ4n) is 2.84. The average molecular weight is 354 g/mol. The first-order chi connectivity index (χ1) is 11.1. The molecule has 2 amide bonds. The largest absolute Gasteiger partial charge is 0.331 e. The fourth-order valence-corrected chi connectivity index (χ4v) is 3.39. The fraction of sp³-hybridized carbons (Fsp3) is 0.722. The minimum absolute atomic E-state index is 0.0429. The lowest BCUT2D eigenvalue weighted by atomic mass is 9.84. The monoisotopic (exact) mass is 353 g/mol. The van der Waals surface area contributed by atoms with Crippen molar-refractivity contribution in [3.8, 4) is 0 Å². The molecule has 0 unspecified atom stereocenters. The van der Waals surface area contributed by atoms with Crippen molar-refractivity contribution < 1.29 is 9.59 Å². The van der Waals surface area contributed by atoms with E-state index in [-0.39, 0.29) is 29.8 Å². The van der Waals surface area contributed by atoms with Crippen LogP contribution < -0.4 is 5.32 Å². The first-order valence-corrected chi connectivity index (χ1v) is 9.49. The Hall–Kier alpha value is -1.43. The maximum absolute atomic E-state index is 12.7. The van der Waals surface area contributed by atoms with Crippen LogP contribution in [0.15, 0.2) is 11.6 Å². The molecule has 0 fully saturated rings. The Morgan fingerprint density at radius 2 is 2.00 bits per heavy atom. The molecule has 5 nitrogen and oxygen atoms in total. The Kier molecular flexibility index (Phi) is 7.87. The van der Waals surface area contributed by atoms with Gasteiger partial charge in [0, 0.05) is 24.0 Å². The summed E-state index contributed by atoms with van der Waals surface area (Å²) >= 11 is 1.37. The summed E-state index contributed by atoms with van der Waals surface area (Å²) in [4.78, 5) is 30.7.